The Morgan fingerprint density at radius 1 is 0.346 bits per heavy atom. The van der Waals surface area contributed by atoms with Crippen LogP contribution >= 0.6 is 0 Å². The third-order valence-electron chi connectivity index (χ3n) is 16.5. The Morgan fingerprint density at radius 2 is 0.617 bits per heavy atom. The predicted octanol–water partition coefficient (Wildman–Crippen LogP) is 23.4. The number of hydrogen-bond donors (Lipinski definition) is 3. The average Bonchev–Trinajstić information content (AvgIpc) is 3.47. The number of rotatable bonds is 67. The summed E-state index contributed by atoms with van der Waals surface area (Å²) in [7, 11) is 0. The number of carbonyl (C=O) groups excluding carboxylic acids is 2. The van der Waals surface area contributed by atoms with E-state index in [1.807, 2.05) is 6.08 Å². The number of ether oxygens (including phenoxy) is 1. The van der Waals surface area contributed by atoms with Gasteiger partial charge in [-0.2, -0.15) is 0 Å². The average molecular weight is 1130 g/mol. The number of esters is 1. The maximum absolute atomic E-state index is 12.4. The summed E-state index contributed by atoms with van der Waals surface area (Å²) in [5.74, 6) is -0.0559. The third-order valence-corrected chi connectivity index (χ3v) is 16.5. The van der Waals surface area contributed by atoms with Crippen LogP contribution in [0.4, 0.5) is 0 Å². The smallest absolute Gasteiger partial charge is 0.305 e. The molecule has 6 heteroatoms. The van der Waals surface area contributed by atoms with Gasteiger partial charge in [-0.15, -0.1) is 0 Å². The lowest BCUT2D eigenvalue weighted by molar-refractivity contribution is -0.143. The van der Waals surface area contributed by atoms with Crippen LogP contribution in [-0.2, 0) is 14.3 Å². The Hall–Kier alpha value is -2.44. The molecule has 0 aliphatic carbocycles. The Morgan fingerprint density at radius 3 is 0.963 bits per heavy atom. The van der Waals surface area contributed by atoms with E-state index in [0.29, 0.717) is 19.4 Å². The van der Waals surface area contributed by atoms with Crippen LogP contribution in [0.3, 0.4) is 0 Å². The summed E-state index contributed by atoms with van der Waals surface area (Å²) in [5.41, 5.74) is 0. The second-order valence-electron chi connectivity index (χ2n) is 24.6. The highest BCUT2D eigenvalue weighted by Crippen LogP contribution is 2.18. The summed E-state index contributed by atoms with van der Waals surface area (Å²) in [6.07, 6.45) is 93.3. The largest absolute Gasteiger partial charge is 0.466 e. The molecule has 474 valence electrons. The van der Waals surface area contributed by atoms with Crippen molar-refractivity contribution < 1.29 is 24.5 Å². The standard InChI is InChI=1S/C75H139NO5/c1-3-5-7-9-11-13-15-16-17-39-43-46-49-53-57-61-65-69-75(80)81-70-66-62-58-54-50-47-44-41-38-36-34-32-30-28-26-24-22-20-18-19-21-23-25-27-29-31-33-35-37-40-42-45-48-52-56-60-64-68-74(79)76-72(71-77)73(78)67-63-59-55-51-14-12-10-8-6-4-2/h11,13,16-18,20,24,26,63,67,72-73,77-78H,3-10,12,14-15,19,21-23,25,27-62,64-66,68-71H2,1-2H3,(H,76,79)/b13-11-,17-16-,20-18-,26-24-,67-63+. The molecule has 3 N–H and O–H groups in total. The van der Waals surface area contributed by atoms with Crippen LogP contribution in [0.25, 0.3) is 0 Å². The van der Waals surface area contributed by atoms with Crippen LogP contribution in [0.15, 0.2) is 60.8 Å². The van der Waals surface area contributed by atoms with Crippen LogP contribution in [0, 0.1) is 0 Å². The molecule has 6 nitrogen and oxygen atoms in total. The minimum Gasteiger partial charge on any atom is -0.466 e. The highest BCUT2D eigenvalue weighted by atomic mass is 16.5. The van der Waals surface area contributed by atoms with E-state index in [1.54, 1.807) is 6.08 Å². The van der Waals surface area contributed by atoms with Crippen molar-refractivity contribution in [2.24, 2.45) is 0 Å². The fraction of sp³-hybridized carbons (Fsp3) is 0.840. The number of carbonyl (C=O) groups is 2. The molecule has 0 aliphatic heterocycles. The molecule has 0 aromatic carbocycles. The second-order valence-corrected chi connectivity index (χ2v) is 24.6. The van der Waals surface area contributed by atoms with Gasteiger partial charge in [0.05, 0.1) is 25.4 Å². The molecule has 2 atom stereocenters. The summed E-state index contributed by atoms with van der Waals surface area (Å²) in [6, 6.07) is -0.625. The second kappa shape index (κ2) is 70.0. The van der Waals surface area contributed by atoms with Crippen molar-refractivity contribution in [2.75, 3.05) is 13.2 Å². The number of aliphatic hydroxyl groups excluding tert-OH is 2. The molecule has 0 bridgehead atoms. The maximum atomic E-state index is 12.4. The molecule has 81 heavy (non-hydrogen) atoms. The highest BCUT2D eigenvalue weighted by molar-refractivity contribution is 5.76. The number of amides is 1. The Labute approximate surface area is 505 Å². The Bertz CT molecular complexity index is 1400. The van der Waals surface area contributed by atoms with Gasteiger partial charge in [0.25, 0.3) is 0 Å². The lowest BCUT2D eigenvalue weighted by atomic mass is 10.0. The fourth-order valence-electron chi connectivity index (χ4n) is 11.0. The van der Waals surface area contributed by atoms with E-state index in [0.717, 1.165) is 57.8 Å². The van der Waals surface area contributed by atoms with Gasteiger partial charge in [0.1, 0.15) is 0 Å². The van der Waals surface area contributed by atoms with Gasteiger partial charge in [0.2, 0.25) is 5.91 Å². The summed E-state index contributed by atoms with van der Waals surface area (Å²) < 4.78 is 5.50. The van der Waals surface area contributed by atoms with Gasteiger partial charge in [-0.1, -0.05) is 331 Å². The van der Waals surface area contributed by atoms with E-state index in [9.17, 15) is 19.8 Å². The molecular weight excluding hydrogens is 995 g/mol. The minimum absolute atomic E-state index is 0.0106. The zero-order chi connectivity index (χ0) is 58.5. The first kappa shape index (κ1) is 78.6. The number of allylic oxidation sites excluding steroid dienone is 9. The lowest BCUT2D eigenvalue weighted by Crippen LogP contribution is -2.45. The van der Waals surface area contributed by atoms with Gasteiger partial charge >= 0.3 is 5.97 Å². The van der Waals surface area contributed by atoms with E-state index < -0.39 is 12.1 Å². The van der Waals surface area contributed by atoms with Gasteiger partial charge in [0.15, 0.2) is 0 Å². The molecule has 0 saturated heterocycles. The Balaban J connectivity index is 3.35. The van der Waals surface area contributed by atoms with Crippen molar-refractivity contribution >= 4 is 11.9 Å². The van der Waals surface area contributed by atoms with Crippen LogP contribution in [-0.4, -0.2) is 47.4 Å². The lowest BCUT2D eigenvalue weighted by Gasteiger charge is -2.20. The van der Waals surface area contributed by atoms with Crippen LogP contribution in [0.5, 0.6) is 0 Å². The molecule has 0 heterocycles. The molecule has 0 aliphatic rings. The van der Waals surface area contributed by atoms with Crippen molar-refractivity contribution in [3.05, 3.63) is 60.8 Å². The zero-order valence-corrected chi connectivity index (χ0v) is 54.3. The topological polar surface area (TPSA) is 95.9 Å². The van der Waals surface area contributed by atoms with Crippen molar-refractivity contribution in [2.45, 2.75) is 392 Å². The molecule has 0 spiro atoms. The van der Waals surface area contributed by atoms with Crippen LogP contribution in [0.1, 0.15) is 380 Å². The van der Waals surface area contributed by atoms with E-state index in [2.05, 4.69) is 67.8 Å². The van der Waals surface area contributed by atoms with Crippen molar-refractivity contribution in [1.82, 2.24) is 5.32 Å². The van der Waals surface area contributed by atoms with Crippen LogP contribution in [0.2, 0.25) is 0 Å². The molecule has 0 aromatic rings. The van der Waals surface area contributed by atoms with Gasteiger partial charge in [-0.3, -0.25) is 9.59 Å². The van der Waals surface area contributed by atoms with Crippen LogP contribution < -0.4 is 5.32 Å². The molecule has 0 radical (unpaired) electrons. The van der Waals surface area contributed by atoms with E-state index >= 15 is 0 Å². The summed E-state index contributed by atoms with van der Waals surface area (Å²) in [6.45, 7) is 4.87. The monoisotopic (exact) mass is 1130 g/mol. The van der Waals surface area contributed by atoms with E-state index in [-0.39, 0.29) is 18.5 Å². The van der Waals surface area contributed by atoms with Gasteiger partial charge in [-0.25, -0.2) is 0 Å². The minimum atomic E-state index is -0.841. The quantitative estimate of drug-likeness (QED) is 0.0320. The highest BCUT2D eigenvalue weighted by Gasteiger charge is 2.18. The molecule has 0 saturated carbocycles. The van der Waals surface area contributed by atoms with Gasteiger partial charge < -0.3 is 20.3 Å². The first-order valence-electron chi connectivity index (χ1n) is 36.1. The first-order chi connectivity index (χ1) is 40.0. The van der Waals surface area contributed by atoms with Gasteiger partial charge in [-0.05, 0) is 96.3 Å². The van der Waals surface area contributed by atoms with Gasteiger partial charge in [0, 0.05) is 12.8 Å². The normalized spacial score (nSPS) is 12.9. The van der Waals surface area contributed by atoms with E-state index in [1.165, 1.54) is 295 Å². The number of aliphatic hydroxyl groups is 2. The molecule has 0 fully saturated rings. The van der Waals surface area contributed by atoms with Crippen molar-refractivity contribution in [3.63, 3.8) is 0 Å². The Kier molecular flexibility index (Phi) is 67.9. The molecule has 0 rings (SSSR count). The SMILES string of the molecule is CCCCC/C=C\C/C=C\CCCCCCCCCC(=O)OCCCCCCCCCCCCCCC/C=C\C/C=C\CCCCCCCCCCCCCCCCCCCC(=O)NC(CO)C(O)/C=C/CCCCCCCCCC. The molecule has 0 aromatic heterocycles. The molecule has 1 amide bonds. The summed E-state index contributed by atoms with van der Waals surface area (Å²) in [5, 5.41) is 23.0. The molecule has 2 unspecified atom stereocenters. The third kappa shape index (κ3) is 66.6. The summed E-state index contributed by atoms with van der Waals surface area (Å²) >= 11 is 0. The van der Waals surface area contributed by atoms with Crippen molar-refractivity contribution in [3.8, 4) is 0 Å². The number of hydrogen-bond acceptors (Lipinski definition) is 5. The summed E-state index contributed by atoms with van der Waals surface area (Å²) in [4.78, 5) is 24.5. The molecular formula is C75H139NO5. The van der Waals surface area contributed by atoms with E-state index in [4.69, 9.17) is 4.74 Å². The predicted molar refractivity (Wildman–Crippen MR) is 356 cm³/mol. The number of unbranched alkanes of at least 4 members (excludes halogenated alkanes) is 48. The van der Waals surface area contributed by atoms with Crippen molar-refractivity contribution in [1.29, 1.82) is 0 Å². The maximum Gasteiger partial charge on any atom is 0.305 e. The zero-order valence-electron chi connectivity index (χ0n) is 54.3. The first-order valence-corrected chi connectivity index (χ1v) is 36.1. The fourth-order valence-corrected chi connectivity index (χ4v) is 11.0. The number of nitrogens with one attached hydrogen (secondary N) is 1.